The number of amides is 1. The summed E-state index contributed by atoms with van der Waals surface area (Å²) in [5.41, 5.74) is 0.423. The highest BCUT2D eigenvalue weighted by Crippen LogP contribution is 2.14. The maximum absolute atomic E-state index is 12.1. The predicted molar refractivity (Wildman–Crippen MR) is 78.5 cm³/mol. The van der Waals surface area contributed by atoms with E-state index in [0.717, 1.165) is 9.21 Å². The van der Waals surface area contributed by atoms with Crippen molar-refractivity contribution in [2.75, 3.05) is 31.3 Å². The van der Waals surface area contributed by atoms with Crippen LogP contribution < -0.4 is 4.90 Å². The molecule has 21 heavy (non-hydrogen) atoms. The monoisotopic (exact) mass is 314 g/mol. The first-order valence-electron chi connectivity index (χ1n) is 6.21. The van der Waals surface area contributed by atoms with E-state index in [0.29, 0.717) is 5.69 Å². The number of nitrogens with zero attached hydrogens (tertiary/aromatic N) is 2. The number of hydrogen-bond acceptors (Lipinski definition) is 4. The van der Waals surface area contributed by atoms with Crippen LogP contribution in [0.4, 0.5) is 5.69 Å². The van der Waals surface area contributed by atoms with Gasteiger partial charge in [0.25, 0.3) is 0 Å². The average Bonchev–Trinajstić information content (AvgIpc) is 2.43. The zero-order valence-electron chi connectivity index (χ0n) is 11.9. The van der Waals surface area contributed by atoms with Crippen molar-refractivity contribution >= 4 is 27.6 Å². The molecule has 0 aliphatic heterocycles. The van der Waals surface area contributed by atoms with Crippen molar-refractivity contribution < 1.29 is 23.1 Å². The second kappa shape index (κ2) is 7.19. The molecule has 0 bridgehead atoms. The Balaban J connectivity index is 2.85. The van der Waals surface area contributed by atoms with Crippen LogP contribution in [0.2, 0.25) is 0 Å². The van der Waals surface area contributed by atoms with Gasteiger partial charge in [-0.05, 0) is 12.1 Å². The summed E-state index contributed by atoms with van der Waals surface area (Å²) in [4.78, 5) is 24.1. The molecule has 0 saturated carbocycles. The van der Waals surface area contributed by atoms with Crippen LogP contribution in [0.15, 0.2) is 30.3 Å². The second-order valence-electron chi connectivity index (χ2n) is 4.56. The Morgan fingerprint density at radius 3 is 2.19 bits per heavy atom. The number of benzene rings is 1. The van der Waals surface area contributed by atoms with E-state index in [1.807, 2.05) is 0 Å². The Morgan fingerprint density at radius 1 is 1.14 bits per heavy atom. The first kappa shape index (κ1) is 17.1. The lowest BCUT2D eigenvalue weighted by molar-refractivity contribution is -0.136. The fourth-order valence-corrected chi connectivity index (χ4v) is 2.40. The topological polar surface area (TPSA) is 95.0 Å². The molecule has 1 aromatic rings. The molecule has 0 unspecified atom stereocenters. The number of carboxylic acid groups (broad SMARTS) is 1. The second-order valence-corrected chi connectivity index (χ2v) is 6.86. The molecule has 0 atom stereocenters. The van der Waals surface area contributed by atoms with Crippen LogP contribution in [-0.4, -0.2) is 56.1 Å². The summed E-state index contributed by atoms with van der Waals surface area (Å²) in [5.74, 6) is -2.07. The largest absolute Gasteiger partial charge is 0.480 e. The summed E-state index contributed by atoms with van der Waals surface area (Å²) in [7, 11) is -0.737. The number of carboxylic acids is 1. The Labute approximate surface area is 123 Å². The normalized spacial score (nSPS) is 11.4. The molecule has 1 aromatic carbocycles. The molecule has 1 rings (SSSR count). The van der Waals surface area contributed by atoms with Gasteiger partial charge < -0.3 is 10.0 Å². The zero-order chi connectivity index (χ0) is 16.0. The van der Waals surface area contributed by atoms with Gasteiger partial charge in [-0.15, -0.1) is 0 Å². The van der Waals surface area contributed by atoms with Crippen LogP contribution in [0.5, 0.6) is 0 Å². The highest BCUT2D eigenvalue weighted by Gasteiger charge is 2.22. The van der Waals surface area contributed by atoms with E-state index in [9.17, 15) is 18.0 Å². The molecule has 0 heterocycles. The fourth-order valence-electron chi connectivity index (χ4n) is 1.60. The summed E-state index contributed by atoms with van der Waals surface area (Å²) >= 11 is 0. The van der Waals surface area contributed by atoms with Gasteiger partial charge >= 0.3 is 5.97 Å². The zero-order valence-corrected chi connectivity index (χ0v) is 12.7. The van der Waals surface area contributed by atoms with E-state index in [4.69, 9.17) is 5.11 Å². The van der Waals surface area contributed by atoms with Gasteiger partial charge in [0, 0.05) is 26.2 Å². The van der Waals surface area contributed by atoms with E-state index >= 15 is 0 Å². The van der Waals surface area contributed by atoms with E-state index in [1.165, 1.54) is 14.1 Å². The summed E-state index contributed by atoms with van der Waals surface area (Å²) < 4.78 is 24.3. The number of hydrogen-bond donors (Lipinski definition) is 1. The van der Waals surface area contributed by atoms with Crippen LogP contribution in [0.3, 0.4) is 0 Å². The highest BCUT2D eigenvalue weighted by atomic mass is 32.2. The molecular formula is C13H18N2O5S. The van der Waals surface area contributed by atoms with Crippen molar-refractivity contribution in [3.05, 3.63) is 30.3 Å². The molecule has 0 aromatic heterocycles. The Bertz CT molecular complexity index is 598. The van der Waals surface area contributed by atoms with Crippen LogP contribution in [0.25, 0.3) is 0 Å². The maximum Gasteiger partial charge on any atom is 0.323 e. The van der Waals surface area contributed by atoms with Crippen molar-refractivity contribution in [2.45, 2.75) is 6.42 Å². The number of rotatable bonds is 7. The summed E-state index contributed by atoms with van der Waals surface area (Å²) in [6.07, 6.45) is -0.275. The first-order valence-corrected chi connectivity index (χ1v) is 7.82. The van der Waals surface area contributed by atoms with Crippen molar-refractivity contribution in [1.29, 1.82) is 0 Å². The molecule has 7 nitrogen and oxygen atoms in total. The Kier molecular flexibility index (Phi) is 5.86. The Hall–Kier alpha value is -1.93. The lowest BCUT2D eigenvalue weighted by Crippen LogP contribution is -2.37. The minimum absolute atomic E-state index is 0.275. The first-order chi connectivity index (χ1) is 9.74. The third-order valence-corrected chi connectivity index (χ3v) is 4.63. The smallest absolute Gasteiger partial charge is 0.323 e. The van der Waals surface area contributed by atoms with Crippen LogP contribution in [0.1, 0.15) is 6.42 Å². The van der Waals surface area contributed by atoms with Gasteiger partial charge in [-0.1, -0.05) is 18.2 Å². The van der Waals surface area contributed by atoms with Crippen LogP contribution in [-0.2, 0) is 19.6 Å². The average molecular weight is 314 g/mol. The molecule has 0 aliphatic carbocycles. The quantitative estimate of drug-likeness (QED) is 0.785. The van der Waals surface area contributed by atoms with Gasteiger partial charge in [0.15, 0.2) is 0 Å². The standard InChI is InChI=1S/C13H18N2O5S/c1-14(2)21(19,20)9-8-12(16)15(10-13(17)18)11-6-4-3-5-7-11/h3-7H,8-10H2,1-2H3,(H,17,18). The van der Waals surface area contributed by atoms with E-state index in [-0.39, 0.29) is 12.2 Å². The third-order valence-electron chi connectivity index (χ3n) is 2.79. The number of aliphatic carboxylic acids is 1. The van der Waals surface area contributed by atoms with Gasteiger partial charge in [0.2, 0.25) is 15.9 Å². The molecular weight excluding hydrogens is 296 g/mol. The van der Waals surface area contributed by atoms with Gasteiger partial charge in [-0.25, -0.2) is 12.7 Å². The lowest BCUT2D eigenvalue weighted by Gasteiger charge is -2.21. The number of para-hydroxylation sites is 1. The van der Waals surface area contributed by atoms with Crippen molar-refractivity contribution in [3.63, 3.8) is 0 Å². The fraction of sp³-hybridized carbons (Fsp3) is 0.385. The number of carbonyl (C=O) groups is 2. The van der Waals surface area contributed by atoms with E-state index in [1.54, 1.807) is 30.3 Å². The number of anilines is 1. The predicted octanol–water partition coefficient (Wildman–Crippen LogP) is 0.386. The van der Waals surface area contributed by atoms with Crippen LogP contribution >= 0.6 is 0 Å². The summed E-state index contributed by atoms with van der Waals surface area (Å²) in [6.45, 7) is -0.509. The highest BCUT2D eigenvalue weighted by molar-refractivity contribution is 7.89. The van der Waals surface area contributed by atoms with Crippen molar-refractivity contribution in [2.24, 2.45) is 0 Å². The lowest BCUT2D eigenvalue weighted by atomic mass is 10.2. The molecule has 1 N–H and O–H groups in total. The van der Waals surface area contributed by atoms with Gasteiger partial charge in [-0.2, -0.15) is 0 Å². The van der Waals surface area contributed by atoms with Crippen molar-refractivity contribution in [1.82, 2.24) is 4.31 Å². The summed E-state index contributed by atoms with van der Waals surface area (Å²) in [6, 6.07) is 8.29. The van der Waals surface area contributed by atoms with Gasteiger partial charge in [0.1, 0.15) is 6.54 Å². The summed E-state index contributed by atoms with van der Waals surface area (Å²) in [5, 5.41) is 8.89. The third kappa shape index (κ3) is 5.16. The van der Waals surface area contributed by atoms with Gasteiger partial charge in [-0.3, -0.25) is 9.59 Å². The minimum Gasteiger partial charge on any atom is -0.480 e. The van der Waals surface area contributed by atoms with Crippen molar-refractivity contribution in [3.8, 4) is 0 Å². The molecule has 8 heteroatoms. The molecule has 0 radical (unpaired) electrons. The van der Waals surface area contributed by atoms with E-state index in [2.05, 4.69) is 0 Å². The number of carbonyl (C=O) groups excluding carboxylic acids is 1. The number of sulfonamides is 1. The molecule has 116 valence electrons. The molecule has 0 aliphatic rings. The Morgan fingerprint density at radius 2 is 1.71 bits per heavy atom. The molecule has 0 saturated heterocycles. The minimum atomic E-state index is -3.50. The molecule has 1 amide bonds. The SMILES string of the molecule is CN(C)S(=O)(=O)CCC(=O)N(CC(=O)O)c1ccccc1. The van der Waals surface area contributed by atoms with Crippen LogP contribution in [0, 0.1) is 0 Å². The van der Waals surface area contributed by atoms with Gasteiger partial charge in [0.05, 0.1) is 5.75 Å². The van der Waals surface area contributed by atoms with E-state index < -0.39 is 28.4 Å². The molecule has 0 spiro atoms. The molecule has 0 fully saturated rings. The maximum atomic E-state index is 12.1.